The zero-order valence-electron chi connectivity index (χ0n) is 14.6. The summed E-state index contributed by atoms with van der Waals surface area (Å²) in [5.74, 6) is 0.487. The molecule has 7 heteroatoms. The monoisotopic (exact) mass is 375 g/mol. The zero-order valence-corrected chi connectivity index (χ0v) is 15.4. The van der Waals surface area contributed by atoms with Crippen molar-refractivity contribution < 1.29 is 9.15 Å². The first-order chi connectivity index (χ1) is 12.2. The molecule has 1 saturated heterocycles. The molecule has 3 aromatic rings. The van der Waals surface area contributed by atoms with Gasteiger partial charge in [0, 0.05) is 44.5 Å². The van der Waals surface area contributed by atoms with Crippen LogP contribution in [0.15, 0.2) is 51.7 Å². The van der Waals surface area contributed by atoms with Crippen LogP contribution in [0.1, 0.15) is 5.56 Å². The van der Waals surface area contributed by atoms with Crippen molar-refractivity contribution in [3.8, 4) is 5.75 Å². The van der Waals surface area contributed by atoms with E-state index in [1.165, 1.54) is 5.69 Å². The van der Waals surface area contributed by atoms with E-state index in [4.69, 9.17) is 9.15 Å². The van der Waals surface area contributed by atoms with Crippen molar-refractivity contribution in [2.24, 2.45) is 0 Å². The highest BCUT2D eigenvalue weighted by atomic mass is 35.5. The Morgan fingerprint density at radius 1 is 1.12 bits per heavy atom. The summed E-state index contributed by atoms with van der Waals surface area (Å²) in [5.41, 5.74) is 3.72. The predicted octanol–water partition coefficient (Wildman–Crippen LogP) is 2.87. The molecule has 1 aromatic heterocycles. The summed E-state index contributed by atoms with van der Waals surface area (Å²) in [6, 6.07) is 14.0. The van der Waals surface area contributed by atoms with Crippen molar-refractivity contribution in [3.63, 3.8) is 0 Å². The van der Waals surface area contributed by atoms with Crippen LogP contribution in [-0.2, 0) is 6.54 Å². The van der Waals surface area contributed by atoms with Gasteiger partial charge in [-0.25, -0.2) is 4.79 Å². The van der Waals surface area contributed by atoms with Gasteiger partial charge < -0.3 is 14.1 Å². The molecular weight excluding hydrogens is 354 g/mol. The van der Waals surface area contributed by atoms with Gasteiger partial charge in [0.25, 0.3) is 0 Å². The second-order valence-electron chi connectivity index (χ2n) is 6.27. The Kier molecular flexibility index (Phi) is 5.54. The number of halogens is 1. The van der Waals surface area contributed by atoms with E-state index >= 15 is 0 Å². The van der Waals surface area contributed by atoms with Gasteiger partial charge in [0.2, 0.25) is 0 Å². The number of hydrogen-bond donors (Lipinski definition) is 1. The average molecular weight is 376 g/mol. The van der Waals surface area contributed by atoms with Crippen LogP contribution in [0.5, 0.6) is 5.75 Å². The molecule has 2 aromatic carbocycles. The number of benzene rings is 2. The van der Waals surface area contributed by atoms with Crippen molar-refractivity contribution in [1.82, 2.24) is 9.88 Å². The molecule has 0 saturated carbocycles. The lowest BCUT2D eigenvalue weighted by atomic mass is 10.1. The van der Waals surface area contributed by atoms with E-state index in [1.807, 2.05) is 30.3 Å². The Morgan fingerprint density at radius 3 is 2.65 bits per heavy atom. The third kappa shape index (κ3) is 3.71. The Bertz CT molecular complexity index is 929. The quantitative estimate of drug-likeness (QED) is 0.759. The zero-order chi connectivity index (χ0) is 17.2. The first-order valence-electron chi connectivity index (χ1n) is 8.45. The van der Waals surface area contributed by atoms with E-state index in [1.54, 1.807) is 7.11 Å². The largest absolute Gasteiger partial charge is 0.497 e. The molecule has 138 valence electrons. The third-order valence-electron chi connectivity index (χ3n) is 4.73. The smallest absolute Gasteiger partial charge is 0.417 e. The van der Waals surface area contributed by atoms with Gasteiger partial charge in [-0.15, -0.1) is 12.4 Å². The maximum atomic E-state index is 11.4. The van der Waals surface area contributed by atoms with Crippen LogP contribution in [0.3, 0.4) is 0 Å². The van der Waals surface area contributed by atoms with Crippen LogP contribution in [0.4, 0.5) is 5.69 Å². The number of oxazole rings is 1. The van der Waals surface area contributed by atoms with E-state index in [2.05, 4.69) is 26.9 Å². The number of H-pyrrole nitrogens is 1. The topological polar surface area (TPSA) is 61.7 Å². The number of piperazine rings is 1. The molecule has 6 nitrogen and oxygen atoms in total. The highest BCUT2D eigenvalue weighted by Crippen LogP contribution is 2.23. The fourth-order valence-corrected chi connectivity index (χ4v) is 3.37. The number of aromatic amines is 1. The van der Waals surface area contributed by atoms with Gasteiger partial charge in [-0.2, -0.15) is 0 Å². The lowest BCUT2D eigenvalue weighted by molar-refractivity contribution is 0.250. The fraction of sp³-hybridized carbons (Fsp3) is 0.316. The molecule has 0 unspecified atom stereocenters. The Labute approximate surface area is 157 Å². The molecule has 0 spiro atoms. The van der Waals surface area contributed by atoms with E-state index in [0.717, 1.165) is 49.6 Å². The normalized spacial score (nSPS) is 15.0. The molecule has 26 heavy (non-hydrogen) atoms. The number of nitrogens with zero attached hydrogens (tertiary/aromatic N) is 2. The standard InChI is InChI=1S/C19H21N3O3.ClH/c1-24-16-6-3-5-15(12-16)22-10-8-21(9-11-22)13-14-4-2-7-17-18(14)20-19(23)25-17;/h2-7,12H,8-11,13H2,1H3,(H,20,23);1H. The fourth-order valence-electron chi connectivity index (χ4n) is 3.37. The van der Waals surface area contributed by atoms with Gasteiger partial charge in [0.1, 0.15) is 5.75 Å². The SMILES string of the molecule is COc1cccc(N2CCN(Cc3cccc4oc(=O)[nH]c34)CC2)c1.Cl. The van der Waals surface area contributed by atoms with Crippen molar-refractivity contribution >= 4 is 29.2 Å². The number of anilines is 1. The average Bonchev–Trinajstić information content (AvgIpc) is 3.04. The lowest BCUT2D eigenvalue weighted by Gasteiger charge is -2.36. The molecule has 1 N–H and O–H groups in total. The van der Waals surface area contributed by atoms with Gasteiger partial charge >= 0.3 is 5.76 Å². The Balaban J connectivity index is 0.00000196. The maximum Gasteiger partial charge on any atom is 0.417 e. The molecule has 0 atom stereocenters. The summed E-state index contributed by atoms with van der Waals surface area (Å²) >= 11 is 0. The molecule has 1 aliphatic heterocycles. The number of para-hydroxylation sites is 1. The maximum absolute atomic E-state index is 11.4. The minimum atomic E-state index is -0.398. The molecular formula is C19H22ClN3O3. The predicted molar refractivity (Wildman–Crippen MR) is 105 cm³/mol. The molecule has 0 radical (unpaired) electrons. The highest BCUT2D eigenvalue weighted by molar-refractivity contribution is 5.85. The van der Waals surface area contributed by atoms with Crippen LogP contribution >= 0.6 is 12.4 Å². The molecule has 1 aliphatic rings. The van der Waals surface area contributed by atoms with Gasteiger partial charge in [-0.05, 0) is 23.8 Å². The molecule has 4 rings (SSSR count). The number of ether oxygens (including phenoxy) is 1. The molecule has 0 bridgehead atoms. The number of rotatable bonds is 4. The number of methoxy groups -OCH3 is 1. The first kappa shape index (κ1) is 18.4. The lowest BCUT2D eigenvalue weighted by Crippen LogP contribution is -2.46. The number of hydrogen-bond acceptors (Lipinski definition) is 5. The van der Waals surface area contributed by atoms with Crippen LogP contribution in [-0.4, -0.2) is 43.2 Å². The van der Waals surface area contributed by atoms with Crippen LogP contribution < -0.4 is 15.4 Å². The van der Waals surface area contributed by atoms with E-state index < -0.39 is 5.76 Å². The summed E-state index contributed by atoms with van der Waals surface area (Å²) in [7, 11) is 1.69. The van der Waals surface area contributed by atoms with Gasteiger partial charge in [-0.1, -0.05) is 18.2 Å². The van der Waals surface area contributed by atoms with Crippen molar-refractivity contribution in [3.05, 3.63) is 58.6 Å². The number of fused-ring (bicyclic) bond motifs is 1. The van der Waals surface area contributed by atoms with E-state index in [9.17, 15) is 4.79 Å². The highest BCUT2D eigenvalue weighted by Gasteiger charge is 2.19. The van der Waals surface area contributed by atoms with Crippen LogP contribution in [0.25, 0.3) is 11.1 Å². The van der Waals surface area contributed by atoms with Gasteiger partial charge in [-0.3, -0.25) is 9.88 Å². The third-order valence-corrected chi connectivity index (χ3v) is 4.73. The minimum absolute atomic E-state index is 0. The Morgan fingerprint density at radius 2 is 1.88 bits per heavy atom. The summed E-state index contributed by atoms with van der Waals surface area (Å²) in [6.07, 6.45) is 0. The van der Waals surface area contributed by atoms with Crippen LogP contribution in [0, 0.1) is 0 Å². The summed E-state index contributed by atoms with van der Waals surface area (Å²) in [4.78, 5) is 19.0. The summed E-state index contributed by atoms with van der Waals surface area (Å²) < 4.78 is 10.5. The van der Waals surface area contributed by atoms with Crippen molar-refractivity contribution in [2.75, 3.05) is 38.2 Å². The second kappa shape index (κ2) is 7.85. The summed E-state index contributed by atoms with van der Waals surface area (Å²) in [6.45, 7) is 4.67. The Hall–Kier alpha value is -2.44. The molecule has 0 aliphatic carbocycles. The van der Waals surface area contributed by atoms with E-state index in [-0.39, 0.29) is 12.4 Å². The molecule has 0 amide bonds. The molecule has 1 fully saturated rings. The summed E-state index contributed by atoms with van der Waals surface area (Å²) in [5, 5.41) is 0. The van der Waals surface area contributed by atoms with Crippen LogP contribution in [0.2, 0.25) is 0 Å². The first-order valence-corrected chi connectivity index (χ1v) is 8.45. The van der Waals surface area contributed by atoms with Crippen molar-refractivity contribution in [2.45, 2.75) is 6.54 Å². The minimum Gasteiger partial charge on any atom is -0.497 e. The van der Waals surface area contributed by atoms with Gasteiger partial charge in [0.15, 0.2) is 5.58 Å². The van der Waals surface area contributed by atoms with E-state index in [0.29, 0.717) is 5.58 Å². The molecule has 2 heterocycles. The van der Waals surface area contributed by atoms with Gasteiger partial charge in [0.05, 0.1) is 12.6 Å². The second-order valence-corrected chi connectivity index (χ2v) is 6.27. The number of nitrogens with one attached hydrogen (secondary N) is 1. The number of aromatic nitrogens is 1. The van der Waals surface area contributed by atoms with Crippen molar-refractivity contribution in [1.29, 1.82) is 0 Å².